The van der Waals surface area contributed by atoms with Gasteiger partial charge in [0.25, 0.3) is 0 Å². The van der Waals surface area contributed by atoms with Crippen LogP contribution in [-0.2, 0) is 66.5 Å². The molecule has 0 spiro atoms. The summed E-state index contributed by atoms with van der Waals surface area (Å²) in [6, 6.07) is 0. The van der Waals surface area contributed by atoms with E-state index in [1.54, 1.807) is 0 Å². The van der Waals surface area contributed by atoms with E-state index in [1.165, 1.54) is 6.92 Å². The maximum Gasteiger partial charge on any atom is 0.222 e. The molecule has 0 aliphatic carbocycles. The van der Waals surface area contributed by atoms with E-state index in [4.69, 9.17) is 47.4 Å². The minimum atomic E-state index is -1.64. The number of carbonyl (C=O) groups is 4. The molecule has 29 nitrogen and oxygen atoms in total. The minimum Gasteiger partial charge on any atom is -0.394 e. The van der Waals surface area contributed by atoms with Crippen molar-refractivity contribution in [2.24, 2.45) is 5.41 Å². The van der Waals surface area contributed by atoms with Gasteiger partial charge in [-0.1, -0.05) is 0 Å². The maximum absolute atomic E-state index is 12.7. The highest BCUT2D eigenvalue weighted by Crippen LogP contribution is 2.25. The average molecular weight is 1040 g/mol. The number of Topliss-reactive ketones (excluding diaryl/α,β-unsaturated/α-hetero) is 1. The number of aliphatic hydroxyl groups excluding tert-OH is 12. The Kier molecular flexibility index (Phi) is 29.2. The zero-order chi connectivity index (χ0) is 52.5. The second-order valence-electron chi connectivity index (χ2n) is 17.2. The van der Waals surface area contributed by atoms with Crippen LogP contribution in [0.4, 0.5) is 0 Å². The molecule has 414 valence electrons. The van der Waals surface area contributed by atoms with E-state index in [-0.39, 0.29) is 124 Å². The molecule has 0 aromatic heterocycles. The second kappa shape index (κ2) is 33.2. The number of hydrogen-bond donors (Lipinski definition) is 15. The standard InChI is InChI=1S/C42H75N3O26/c1-23(49)2-9-62-19-42(20-63-10-3-27(50)43-6-13-66-39-36(59)33(56)30(53)24(16-46)69-39,21-64-11-4-28(51)44-7-14-67-40-37(60)34(57)31(54)25(17-47)70-40)22-65-12-5-29(52)45-8-15-68-41-38(61)35(58)32(55)26(18-48)71-41/h24-26,30-41,46-48,53-61H,2-22H2,1H3,(H,43,50)(H,44,51)(H,45,52)/t24-,25-,26-,30-,31-,32-,33+,34+,35+,36+,37+,38+,39+,40+,41+/m1/s1. The molecule has 3 aliphatic heterocycles. The molecule has 3 fully saturated rings. The Morgan fingerprint density at radius 3 is 0.930 bits per heavy atom. The Morgan fingerprint density at radius 1 is 0.408 bits per heavy atom. The summed E-state index contributed by atoms with van der Waals surface area (Å²) in [5.41, 5.74) is -1.14. The molecule has 29 heteroatoms. The summed E-state index contributed by atoms with van der Waals surface area (Å²) in [7, 11) is 0. The van der Waals surface area contributed by atoms with E-state index in [1.807, 2.05) is 0 Å². The molecular weight excluding hydrogens is 962 g/mol. The van der Waals surface area contributed by atoms with E-state index in [9.17, 15) is 80.5 Å². The topological polar surface area (TPSA) is 439 Å². The number of ketones is 1. The van der Waals surface area contributed by atoms with E-state index in [0.717, 1.165) is 0 Å². The van der Waals surface area contributed by atoms with Gasteiger partial charge < -0.3 is 125 Å². The predicted molar refractivity (Wildman–Crippen MR) is 233 cm³/mol. The van der Waals surface area contributed by atoms with Crippen molar-refractivity contribution < 1.29 is 128 Å². The highest BCUT2D eigenvalue weighted by Gasteiger charge is 2.46. The summed E-state index contributed by atoms with van der Waals surface area (Å²) < 4.78 is 55.5. The molecule has 0 aromatic carbocycles. The summed E-state index contributed by atoms with van der Waals surface area (Å²) >= 11 is 0. The SMILES string of the molecule is CC(=O)CCOCC(COCCC(=O)NCCO[C@H]1O[C@H](CO)[C@@H](O)[C@H](O)[C@@H]1O)(COCCC(=O)NCCO[C@H]1O[C@H](CO)[C@@H](O)[C@H](O)[C@@H]1O)COCCC(=O)NCCO[C@H]1O[C@H](CO)[C@@H](O)[C@H](O)[C@@H]1O. The number of amides is 3. The van der Waals surface area contributed by atoms with Crippen molar-refractivity contribution in [3.05, 3.63) is 0 Å². The van der Waals surface area contributed by atoms with Gasteiger partial charge in [0.05, 0.1) is 97.9 Å². The van der Waals surface area contributed by atoms with Crippen LogP contribution >= 0.6 is 0 Å². The number of nitrogens with one attached hydrogen (secondary N) is 3. The minimum absolute atomic E-state index is 0.0197. The van der Waals surface area contributed by atoms with E-state index < -0.39 is 135 Å². The van der Waals surface area contributed by atoms with Gasteiger partial charge in [-0.15, -0.1) is 0 Å². The van der Waals surface area contributed by atoms with Gasteiger partial charge in [0.15, 0.2) is 18.9 Å². The summed E-state index contributed by atoms with van der Waals surface area (Å²) in [5.74, 6) is -1.54. The smallest absolute Gasteiger partial charge is 0.222 e. The Bertz CT molecular complexity index is 1380. The Labute approximate surface area is 409 Å². The molecule has 71 heavy (non-hydrogen) atoms. The van der Waals surface area contributed by atoms with Crippen LogP contribution in [0.15, 0.2) is 0 Å². The lowest BCUT2D eigenvalue weighted by Crippen LogP contribution is -2.59. The third kappa shape index (κ3) is 21.2. The second-order valence-corrected chi connectivity index (χ2v) is 17.2. The lowest BCUT2D eigenvalue weighted by atomic mass is 9.92. The maximum atomic E-state index is 12.7. The molecule has 0 saturated carbocycles. The number of aliphatic hydroxyl groups is 12. The van der Waals surface area contributed by atoms with E-state index in [2.05, 4.69) is 16.0 Å². The van der Waals surface area contributed by atoms with Crippen LogP contribution in [0.3, 0.4) is 0 Å². The molecule has 0 aromatic rings. The van der Waals surface area contributed by atoms with Crippen molar-refractivity contribution in [2.75, 3.05) is 112 Å². The van der Waals surface area contributed by atoms with Crippen LogP contribution in [0.1, 0.15) is 32.6 Å². The Balaban J connectivity index is 1.53. The van der Waals surface area contributed by atoms with Crippen molar-refractivity contribution in [2.45, 2.75) is 125 Å². The third-order valence-electron chi connectivity index (χ3n) is 11.3. The van der Waals surface area contributed by atoms with Crippen LogP contribution in [-0.4, -0.2) is 289 Å². The van der Waals surface area contributed by atoms with Crippen LogP contribution in [0.5, 0.6) is 0 Å². The summed E-state index contributed by atoms with van der Waals surface area (Å²) in [4.78, 5) is 49.7. The van der Waals surface area contributed by atoms with Gasteiger partial charge in [-0.2, -0.15) is 0 Å². The summed E-state index contributed by atoms with van der Waals surface area (Å²) in [6.07, 6.45) is -22.5. The highest BCUT2D eigenvalue weighted by atomic mass is 16.7. The number of rotatable bonds is 35. The molecule has 15 N–H and O–H groups in total. The molecule has 3 rings (SSSR count). The van der Waals surface area contributed by atoms with Gasteiger partial charge >= 0.3 is 0 Å². The lowest BCUT2D eigenvalue weighted by molar-refractivity contribution is -0.300. The third-order valence-corrected chi connectivity index (χ3v) is 11.3. The molecule has 0 bridgehead atoms. The fraction of sp³-hybridized carbons (Fsp3) is 0.905. The number of hydrogen-bond acceptors (Lipinski definition) is 26. The lowest BCUT2D eigenvalue weighted by Gasteiger charge is -2.39. The van der Waals surface area contributed by atoms with Crippen molar-refractivity contribution >= 4 is 23.5 Å². The normalized spacial score (nSPS) is 31.3. The van der Waals surface area contributed by atoms with Crippen LogP contribution < -0.4 is 16.0 Å². The van der Waals surface area contributed by atoms with E-state index in [0.29, 0.717) is 0 Å². The van der Waals surface area contributed by atoms with Gasteiger partial charge in [-0.05, 0) is 6.92 Å². The van der Waals surface area contributed by atoms with Gasteiger partial charge in [0.2, 0.25) is 17.7 Å². The highest BCUT2D eigenvalue weighted by molar-refractivity contribution is 5.76. The van der Waals surface area contributed by atoms with Gasteiger partial charge in [-0.25, -0.2) is 0 Å². The van der Waals surface area contributed by atoms with Crippen LogP contribution in [0.2, 0.25) is 0 Å². The average Bonchev–Trinajstić information content (AvgIpc) is 3.35. The number of carbonyl (C=O) groups excluding carboxylic acids is 4. The van der Waals surface area contributed by atoms with Crippen LogP contribution in [0, 0.1) is 5.41 Å². The number of ether oxygens (including phenoxy) is 10. The molecule has 3 heterocycles. The monoisotopic (exact) mass is 1040 g/mol. The van der Waals surface area contributed by atoms with Crippen molar-refractivity contribution in [1.82, 2.24) is 16.0 Å². The van der Waals surface area contributed by atoms with Gasteiger partial charge in [0.1, 0.15) is 79.0 Å². The van der Waals surface area contributed by atoms with E-state index >= 15 is 0 Å². The van der Waals surface area contributed by atoms with Crippen molar-refractivity contribution in [1.29, 1.82) is 0 Å². The summed E-state index contributed by atoms with van der Waals surface area (Å²) in [5, 5.41) is 126. The molecule has 0 unspecified atom stereocenters. The fourth-order valence-electron chi connectivity index (χ4n) is 7.09. The van der Waals surface area contributed by atoms with Crippen molar-refractivity contribution in [3.8, 4) is 0 Å². The van der Waals surface area contributed by atoms with Gasteiger partial charge in [0, 0.05) is 45.3 Å². The first-order chi connectivity index (χ1) is 33.9. The predicted octanol–water partition coefficient (Wildman–Crippen LogP) is -9.01. The molecule has 3 saturated heterocycles. The first kappa shape index (κ1) is 62.5. The van der Waals surface area contributed by atoms with Crippen LogP contribution in [0.25, 0.3) is 0 Å². The molecular formula is C42H75N3O26. The fourth-order valence-corrected chi connectivity index (χ4v) is 7.09. The first-order valence-corrected chi connectivity index (χ1v) is 23.2. The quantitative estimate of drug-likeness (QED) is 0.0262. The Hall–Kier alpha value is -2.80. The summed E-state index contributed by atoms with van der Waals surface area (Å²) in [6.45, 7) is -2.15. The molecule has 3 amide bonds. The molecule has 15 atom stereocenters. The molecule has 3 aliphatic rings. The first-order valence-electron chi connectivity index (χ1n) is 23.2. The van der Waals surface area contributed by atoms with Crippen molar-refractivity contribution in [3.63, 3.8) is 0 Å². The molecule has 0 radical (unpaired) electrons. The van der Waals surface area contributed by atoms with Gasteiger partial charge in [-0.3, -0.25) is 19.2 Å². The Morgan fingerprint density at radius 2 is 0.676 bits per heavy atom. The zero-order valence-corrected chi connectivity index (χ0v) is 39.6. The zero-order valence-electron chi connectivity index (χ0n) is 39.6. The largest absolute Gasteiger partial charge is 0.394 e.